The van der Waals surface area contributed by atoms with Crippen LogP contribution in [0.3, 0.4) is 0 Å². The second kappa shape index (κ2) is 17.6. The molecule has 7 aromatic rings. The molecule has 0 aliphatic carbocycles. The Morgan fingerprint density at radius 1 is 0.596 bits per heavy atom. The van der Waals surface area contributed by atoms with E-state index in [1.807, 2.05) is 0 Å². The summed E-state index contributed by atoms with van der Waals surface area (Å²) in [7, 11) is 11.0. The van der Waals surface area contributed by atoms with Crippen molar-refractivity contribution in [3.05, 3.63) is 143 Å². The molecular weight excluding hydrogens is 707 g/mol. The van der Waals surface area contributed by atoms with Crippen molar-refractivity contribution in [3.63, 3.8) is 0 Å². The Labute approximate surface area is 303 Å². The summed E-state index contributed by atoms with van der Waals surface area (Å²) in [5.41, 5.74) is 12.2. The van der Waals surface area contributed by atoms with Crippen molar-refractivity contribution in [3.8, 4) is 22.3 Å². The van der Waals surface area contributed by atoms with Crippen LogP contribution in [0.5, 0.6) is 0 Å². The Kier molecular flexibility index (Phi) is 13.9. The summed E-state index contributed by atoms with van der Waals surface area (Å²) >= 11 is -0.826. The van der Waals surface area contributed by atoms with Gasteiger partial charge in [0, 0.05) is 9.52 Å². The fraction of sp³-hybridized carbons (Fsp3) is 0.209. The Morgan fingerprint density at radius 3 is 1.83 bits per heavy atom. The summed E-state index contributed by atoms with van der Waals surface area (Å²) in [4.78, 5) is 0. The average molecular weight is 751 g/mol. The average Bonchev–Trinajstić information content (AvgIpc) is 3.67. The number of hydrogen-bond acceptors (Lipinski definition) is 0. The quantitative estimate of drug-likeness (QED) is 0.125. The van der Waals surface area contributed by atoms with Crippen LogP contribution in [0.15, 0.2) is 115 Å². The Morgan fingerprint density at radius 2 is 1.17 bits per heavy atom. The minimum atomic E-state index is -0.826. The summed E-state index contributed by atoms with van der Waals surface area (Å²) in [6.07, 6.45) is 0. The van der Waals surface area contributed by atoms with Crippen molar-refractivity contribution < 1.29 is 20.8 Å². The van der Waals surface area contributed by atoms with Crippen LogP contribution >= 0.6 is 17.0 Å². The van der Waals surface area contributed by atoms with Gasteiger partial charge in [0.05, 0.1) is 0 Å². The van der Waals surface area contributed by atoms with E-state index in [1.54, 1.807) is 0 Å². The third kappa shape index (κ3) is 8.84. The van der Waals surface area contributed by atoms with Gasteiger partial charge in [0.1, 0.15) is 0 Å². The second-order valence-electron chi connectivity index (χ2n) is 12.4. The van der Waals surface area contributed by atoms with Gasteiger partial charge in [-0.1, -0.05) is 125 Å². The van der Waals surface area contributed by atoms with Gasteiger partial charge in [0.2, 0.25) is 0 Å². The molecule has 0 saturated carbocycles. The van der Waals surface area contributed by atoms with Gasteiger partial charge in [0.25, 0.3) is 0 Å². The molecule has 0 nitrogen and oxygen atoms in total. The molecule has 2 radical (unpaired) electrons. The summed E-state index contributed by atoms with van der Waals surface area (Å²) in [5, 5.41) is 8.10. The summed E-state index contributed by atoms with van der Waals surface area (Å²) in [5.74, 6) is 0.563. The predicted octanol–water partition coefficient (Wildman–Crippen LogP) is 14.1. The predicted molar refractivity (Wildman–Crippen MR) is 210 cm³/mol. The van der Waals surface area contributed by atoms with Gasteiger partial charge in [-0.3, -0.25) is 0 Å². The summed E-state index contributed by atoms with van der Waals surface area (Å²) in [6, 6.07) is 42.2. The monoisotopic (exact) mass is 748 g/mol. The second-order valence-corrected chi connectivity index (χ2v) is 17.1. The van der Waals surface area contributed by atoms with Gasteiger partial charge in [-0.2, -0.15) is 12.1 Å². The molecule has 0 atom stereocenters. The van der Waals surface area contributed by atoms with Crippen LogP contribution in [0.2, 0.25) is 13.1 Å². The van der Waals surface area contributed by atoms with Gasteiger partial charge in [-0.25, -0.2) is 0 Å². The van der Waals surface area contributed by atoms with Crippen molar-refractivity contribution in [1.29, 1.82) is 0 Å². The molecule has 0 aromatic heterocycles. The Bertz CT molecular complexity index is 2040. The first-order valence-electron chi connectivity index (χ1n) is 16.1. The van der Waals surface area contributed by atoms with Gasteiger partial charge >= 0.3 is 37.9 Å². The Hall–Kier alpha value is -2.74. The molecule has 4 heteroatoms. The molecule has 0 N–H and O–H groups in total. The van der Waals surface area contributed by atoms with Crippen LogP contribution in [0.25, 0.3) is 54.6 Å². The van der Waals surface area contributed by atoms with E-state index in [0.29, 0.717) is 5.92 Å². The van der Waals surface area contributed by atoms with Crippen LogP contribution < -0.4 is 0 Å². The van der Waals surface area contributed by atoms with Crippen LogP contribution in [0.1, 0.15) is 47.6 Å². The van der Waals surface area contributed by atoms with E-state index in [4.69, 9.17) is 17.0 Å². The first kappa shape index (κ1) is 37.1. The molecule has 0 bridgehead atoms. The molecule has 0 aliphatic rings. The zero-order valence-corrected chi connectivity index (χ0v) is 33.8. The van der Waals surface area contributed by atoms with Crippen molar-refractivity contribution in [2.45, 2.75) is 60.6 Å². The van der Waals surface area contributed by atoms with E-state index in [1.165, 1.54) is 82.4 Å². The molecule has 0 saturated heterocycles. The molecule has 0 spiro atoms. The van der Waals surface area contributed by atoms with Crippen molar-refractivity contribution >= 4 is 58.9 Å². The third-order valence-corrected chi connectivity index (χ3v) is 8.52. The van der Waals surface area contributed by atoms with Crippen LogP contribution in [0, 0.1) is 27.7 Å². The van der Waals surface area contributed by atoms with Gasteiger partial charge < -0.3 is 0 Å². The number of hydrogen-bond donors (Lipinski definition) is 0. The van der Waals surface area contributed by atoms with Gasteiger partial charge in [0.15, 0.2) is 0 Å². The summed E-state index contributed by atoms with van der Waals surface area (Å²) in [6.45, 7) is 17.6. The van der Waals surface area contributed by atoms with E-state index in [0.717, 1.165) is 9.52 Å². The van der Waals surface area contributed by atoms with Crippen molar-refractivity contribution in [2.24, 2.45) is 0 Å². The molecule has 238 valence electrons. The molecule has 0 amide bonds. The molecule has 0 unspecified atom stereocenters. The van der Waals surface area contributed by atoms with Gasteiger partial charge in [-0.05, 0) is 52.8 Å². The number of fused-ring (bicyclic) bond motifs is 3. The number of aryl methyl sites for hydroxylation is 4. The molecule has 7 aromatic carbocycles. The minimum absolute atomic E-state index is 0.563. The van der Waals surface area contributed by atoms with Crippen LogP contribution in [0.4, 0.5) is 0 Å². The van der Waals surface area contributed by atoms with Gasteiger partial charge in [-0.15, -0.1) is 68.6 Å². The SMILES string of the molecule is CC(C)c1cc2c(-c3cccc4ccccc34)cccc2[cH-]1.C[Si]C.Cc1cc2c(-c3c(C)cccc3C)ccc(C)c2[cH-]1.[Cl][Zr+2][Cl]. The number of benzene rings is 5. The van der Waals surface area contributed by atoms with E-state index in [2.05, 4.69) is 170 Å². The van der Waals surface area contributed by atoms with Crippen molar-refractivity contribution in [1.82, 2.24) is 0 Å². The zero-order valence-electron chi connectivity index (χ0n) is 28.8. The summed E-state index contributed by atoms with van der Waals surface area (Å²) < 4.78 is 0. The van der Waals surface area contributed by atoms with E-state index in [9.17, 15) is 0 Å². The first-order valence-corrected chi connectivity index (χ1v) is 24.4. The van der Waals surface area contributed by atoms with Crippen LogP contribution in [-0.4, -0.2) is 9.52 Å². The molecule has 7 rings (SSSR count). The first-order chi connectivity index (χ1) is 22.6. The number of rotatable bonds is 3. The molecule has 47 heavy (non-hydrogen) atoms. The van der Waals surface area contributed by atoms with Crippen molar-refractivity contribution in [2.75, 3.05) is 0 Å². The fourth-order valence-electron chi connectivity index (χ4n) is 6.33. The Balaban J connectivity index is 0.000000184. The molecular formula is C43H44Cl2SiZr. The maximum atomic E-state index is 4.93. The van der Waals surface area contributed by atoms with Crippen LogP contribution in [-0.2, 0) is 20.8 Å². The van der Waals surface area contributed by atoms with E-state index < -0.39 is 20.8 Å². The topological polar surface area (TPSA) is 0 Å². The maximum absolute atomic E-state index is 4.93. The normalized spacial score (nSPS) is 10.5. The zero-order chi connectivity index (χ0) is 34.1. The molecule has 0 fully saturated rings. The van der Waals surface area contributed by atoms with E-state index in [-0.39, 0.29) is 0 Å². The van der Waals surface area contributed by atoms with E-state index >= 15 is 0 Å². The third-order valence-electron chi connectivity index (χ3n) is 8.52. The fourth-order valence-corrected chi connectivity index (χ4v) is 6.33. The number of halogens is 2. The molecule has 0 aliphatic heterocycles. The standard InChI is InChI=1S/C22H19.C19H19.C2H6Si.2ClH.Zr/c1-15(2)18-13-17-9-6-12-21(22(17)14-18)20-11-5-8-16-7-3-4-10-19(16)20;1-12-10-17-13(2)8-9-16(18(17)11-12)19-14(3)6-5-7-15(19)4;1-3-2;;;/h3-15H,1-2H3;5-11H,1-4H3;1-2H3;2*1H;/q2*-1;;;;+4/p-2. The molecule has 0 heterocycles.